The molecule has 1 N–H and O–H groups in total. The van der Waals surface area contributed by atoms with E-state index in [9.17, 15) is 12.8 Å². The van der Waals surface area contributed by atoms with Crippen molar-refractivity contribution in [1.82, 2.24) is 10.1 Å². The molecule has 0 fully saturated rings. The summed E-state index contributed by atoms with van der Waals surface area (Å²) in [5.41, 5.74) is 0.936. The number of nitrogens with zero attached hydrogens (tertiary/aromatic N) is 2. The van der Waals surface area contributed by atoms with Gasteiger partial charge in [-0.15, -0.1) is 0 Å². The second kappa shape index (κ2) is 7.65. The van der Waals surface area contributed by atoms with E-state index in [4.69, 9.17) is 9.63 Å². The number of sulfone groups is 1. The summed E-state index contributed by atoms with van der Waals surface area (Å²) in [6.45, 7) is 1.70. The SMILES string of the molecule is Cc1ccc(-c2noc(CS(=O)(=O)CCCCCO)n2)cc1F. The maximum absolute atomic E-state index is 13.5. The van der Waals surface area contributed by atoms with Crippen molar-refractivity contribution in [1.29, 1.82) is 0 Å². The summed E-state index contributed by atoms with van der Waals surface area (Å²) < 4.78 is 42.4. The van der Waals surface area contributed by atoms with Crippen molar-refractivity contribution in [2.45, 2.75) is 31.9 Å². The Balaban J connectivity index is 2.02. The Morgan fingerprint density at radius 3 is 2.74 bits per heavy atom. The van der Waals surface area contributed by atoms with Crippen molar-refractivity contribution >= 4 is 9.84 Å². The van der Waals surface area contributed by atoms with Gasteiger partial charge in [-0.3, -0.25) is 0 Å². The first-order chi connectivity index (χ1) is 10.9. The summed E-state index contributed by atoms with van der Waals surface area (Å²) in [5, 5.41) is 12.4. The number of benzene rings is 1. The molecule has 1 aromatic heterocycles. The molecule has 0 saturated carbocycles. The third kappa shape index (κ3) is 5.11. The zero-order valence-corrected chi connectivity index (χ0v) is 13.6. The molecular formula is C15H19FN2O4S. The molecule has 2 rings (SSSR count). The quantitative estimate of drug-likeness (QED) is 0.740. The van der Waals surface area contributed by atoms with Crippen LogP contribution in [0.5, 0.6) is 0 Å². The molecule has 0 atom stereocenters. The summed E-state index contributed by atoms with van der Waals surface area (Å²) in [7, 11) is -3.35. The average molecular weight is 342 g/mol. The van der Waals surface area contributed by atoms with Crippen molar-refractivity contribution < 1.29 is 22.4 Å². The van der Waals surface area contributed by atoms with Crippen LogP contribution in [0.15, 0.2) is 22.7 Å². The molecule has 23 heavy (non-hydrogen) atoms. The van der Waals surface area contributed by atoms with Crippen LogP contribution in [0.3, 0.4) is 0 Å². The number of hydrogen-bond acceptors (Lipinski definition) is 6. The Morgan fingerprint density at radius 1 is 1.26 bits per heavy atom. The van der Waals surface area contributed by atoms with Gasteiger partial charge in [0.05, 0.1) is 5.75 Å². The van der Waals surface area contributed by atoms with Gasteiger partial charge in [-0.25, -0.2) is 12.8 Å². The third-order valence-corrected chi connectivity index (χ3v) is 4.95. The van der Waals surface area contributed by atoms with Crippen LogP contribution in [0, 0.1) is 12.7 Å². The number of aryl methyl sites for hydroxylation is 1. The van der Waals surface area contributed by atoms with Crippen molar-refractivity contribution in [3.05, 3.63) is 35.5 Å². The Kier molecular flexibility index (Phi) is 5.84. The maximum atomic E-state index is 13.5. The fourth-order valence-corrected chi connectivity index (χ4v) is 3.32. The number of aliphatic hydroxyl groups excluding tert-OH is 1. The Hall–Kier alpha value is -1.80. The predicted molar refractivity (Wildman–Crippen MR) is 82.9 cm³/mol. The minimum Gasteiger partial charge on any atom is -0.396 e. The standard InChI is InChI=1S/C15H19FN2O4S/c1-11-5-6-12(9-13(11)16)15-17-14(22-18-15)10-23(20,21)8-4-2-3-7-19/h5-6,9,19H,2-4,7-8,10H2,1H3. The van der Waals surface area contributed by atoms with Gasteiger partial charge in [-0.1, -0.05) is 23.7 Å². The molecule has 0 amide bonds. The highest BCUT2D eigenvalue weighted by molar-refractivity contribution is 7.90. The molecule has 0 radical (unpaired) electrons. The van der Waals surface area contributed by atoms with Crippen molar-refractivity contribution in [3.63, 3.8) is 0 Å². The summed E-state index contributed by atoms with van der Waals surface area (Å²) in [6.07, 6.45) is 1.71. The first-order valence-corrected chi connectivity index (χ1v) is 9.14. The monoisotopic (exact) mass is 342 g/mol. The topological polar surface area (TPSA) is 93.3 Å². The van der Waals surface area contributed by atoms with Crippen molar-refractivity contribution in [2.75, 3.05) is 12.4 Å². The smallest absolute Gasteiger partial charge is 0.242 e. The van der Waals surface area contributed by atoms with Crippen LogP contribution in [0.4, 0.5) is 4.39 Å². The van der Waals surface area contributed by atoms with Gasteiger partial charge in [0.15, 0.2) is 9.84 Å². The van der Waals surface area contributed by atoms with E-state index in [2.05, 4.69) is 10.1 Å². The lowest BCUT2D eigenvalue weighted by atomic mass is 10.1. The zero-order chi connectivity index (χ0) is 16.9. The fourth-order valence-electron chi connectivity index (χ4n) is 2.03. The van der Waals surface area contributed by atoms with Crippen LogP contribution in [0.25, 0.3) is 11.4 Å². The van der Waals surface area contributed by atoms with E-state index < -0.39 is 9.84 Å². The van der Waals surface area contributed by atoms with E-state index in [0.29, 0.717) is 30.4 Å². The molecular weight excluding hydrogens is 323 g/mol. The summed E-state index contributed by atoms with van der Waals surface area (Å²) in [6, 6.07) is 4.53. The van der Waals surface area contributed by atoms with E-state index in [0.717, 1.165) is 0 Å². The molecule has 0 aliphatic rings. The average Bonchev–Trinajstić information content (AvgIpc) is 2.94. The van der Waals surface area contributed by atoms with E-state index in [1.165, 1.54) is 6.07 Å². The summed E-state index contributed by atoms with van der Waals surface area (Å²) in [4.78, 5) is 4.02. The molecule has 0 unspecified atom stereocenters. The van der Waals surface area contributed by atoms with Gasteiger partial charge in [-0.2, -0.15) is 4.98 Å². The van der Waals surface area contributed by atoms with Gasteiger partial charge in [0.1, 0.15) is 11.6 Å². The van der Waals surface area contributed by atoms with E-state index in [1.807, 2.05) is 0 Å². The highest BCUT2D eigenvalue weighted by Gasteiger charge is 2.18. The molecule has 1 heterocycles. The predicted octanol–water partition coefficient (Wildman–Crippen LogP) is 2.26. The molecule has 8 heteroatoms. The van der Waals surface area contributed by atoms with Crippen LogP contribution in [0.2, 0.25) is 0 Å². The Morgan fingerprint density at radius 2 is 2.04 bits per heavy atom. The fraction of sp³-hybridized carbons (Fsp3) is 0.467. The minimum atomic E-state index is -3.35. The summed E-state index contributed by atoms with van der Waals surface area (Å²) in [5.74, 6) is -0.569. The highest BCUT2D eigenvalue weighted by Crippen LogP contribution is 2.19. The van der Waals surface area contributed by atoms with E-state index in [1.54, 1.807) is 19.1 Å². The first kappa shape index (κ1) is 17.6. The van der Waals surface area contributed by atoms with Gasteiger partial charge >= 0.3 is 0 Å². The number of halogens is 1. The second-order valence-electron chi connectivity index (χ2n) is 5.35. The first-order valence-electron chi connectivity index (χ1n) is 7.31. The molecule has 0 bridgehead atoms. The number of aliphatic hydroxyl groups is 1. The lowest BCUT2D eigenvalue weighted by Gasteiger charge is -2.00. The van der Waals surface area contributed by atoms with Gasteiger partial charge in [0.25, 0.3) is 0 Å². The zero-order valence-electron chi connectivity index (χ0n) is 12.8. The van der Waals surface area contributed by atoms with Crippen LogP contribution in [-0.4, -0.2) is 36.0 Å². The van der Waals surface area contributed by atoms with Crippen LogP contribution < -0.4 is 0 Å². The highest BCUT2D eigenvalue weighted by atomic mass is 32.2. The minimum absolute atomic E-state index is 0.00384. The van der Waals surface area contributed by atoms with Gasteiger partial charge in [0, 0.05) is 12.2 Å². The van der Waals surface area contributed by atoms with E-state index in [-0.39, 0.29) is 35.6 Å². The largest absolute Gasteiger partial charge is 0.396 e. The van der Waals surface area contributed by atoms with Gasteiger partial charge in [0.2, 0.25) is 11.7 Å². The van der Waals surface area contributed by atoms with Crippen molar-refractivity contribution in [2.24, 2.45) is 0 Å². The number of rotatable bonds is 8. The maximum Gasteiger partial charge on any atom is 0.242 e. The van der Waals surface area contributed by atoms with Gasteiger partial charge < -0.3 is 9.63 Å². The number of hydrogen-bond donors (Lipinski definition) is 1. The van der Waals surface area contributed by atoms with Gasteiger partial charge in [-0.05, 0) is 31.4 Å². The van der Waals surface area contributed by atoms with Crippen molar-refractivity contribution in [3.8, 4) is 11.4 Å². The molecule has 1 aromatic carbocycles. The molecule has 0 spiro atoms. The molecule has 0 saturated heterocycles. The second-order valence-corrected chi connectivity index (χ2v) is 7.54. The summed E-state index contributed by atoms with van der Waals surface area (Å²) >= 11 is 0. The third-order valence-electron chi connectivity index (χ3n) is 3.35. The molecule has 0 aliphatic carbocycles. The molecule has 6 nitrogen and oxygen atoms in total. The normalized spacial score (nSPS) is 11.8. The Bertz CT molecular complexity index is 759. The number of unbranched alkanes of at least 4 members (excludes halogenated alkanes) is 2. The van der Waals surface area contributed by atoms with Crippen LogP contribution in [-0.2, 0) is 15.6 Å². The lowest BCUT2D eigenvalue weighted by Crippen LogP contribution is -2.09. The van der Waals surface area contributed by atoms with Crippen LogP contribution in [0.1, 0.15) is 30.7 Å². The molecule has 0 aliphatic heterocycles. The van der Waals surface area contributed by atoms with E-state index >= 15 is 0 Å². The Labute approximate surface area is 134 Å². The lowest BCUT2D eigenvalue weighted by molar-refractivity contribution is 0.284. The molecule has 2 aromatic rings. The van der Waals surface area contributed by atoms with Crippen LogP contribution >= 0.6 is 0 Å². The molecule has 126 valence electrons. The number of aromatic nitrogens is 2.